The number of hydrogen-bond donors (Lipinski definition) is 1. The van der Waals surface area contributed by atoms with Crippen LogP contribution < -0.4 is 0 Å². The van der Waals surface area contributed by atoms with E-state index in [4.69, 9.17) is 23.7 Å². The molecule has 0 saturated carbocycles. The number of carbonyl (C=O) groups is 4. The summed E-state index contributed by atoms with van der Waals surface area (Å²) in [5.74, 6) is -3.00. The van der Waals surface area contributed by atoms with Gasteiger partial charge in [0.2, 0.25) is 12.4 Å². The van der Waals surface area contributed by atoms with Crippen molar-refractivity contribution < 1.29 is 48.0 Å². The van der Waals surface area contributed by atoms with Gasteiger partial charge in [0.25, 0.3) is 0 Å². The third kappa shape index (κ3) is 5.46. The summed E-state index contributed by atoms with van der Waals surface area (Å²) in [6.45, 7) is 3.77. The molecule has 1 fully saturated rings. The van der Waals surface area contributed by atoms with E-state index in [1.165, 1.54) is 0 Å². The molecule has 1 aliphatic rings. The lowest BCUT2D eigenvalue weighted by molar-refractivity contribution is -0.299. The molecule has 1 saturated heterocycles. The van der Waals surface area contributed by atoms with Crippen LogP contribution >= 0.6 is 0 Å². The smallest absolute Gasteiger partial charge is 0.305 e. The summed E-state index contributed by atoms with van der Waals surface area (Å²) >= 11 is 0. The zero-order valence-corrected chi connectivity index (χ0v) is 13.7. The lowest BCUT2D eigenvalue weighted by Gasteiger charge is -2.43. The van der Waals surface area contributed by atoms with Gasteiger partial charge in [-0.25, -0.2) is 0 Å². The van der Waals surface area contributed by atoms with Gasteiger partial charge in [-0.3, -0.25) is 19.2 Å². The van der Waals surface area contributed by atoms with E-state index >= 15 is 0 Å². The van der Waals surface area contributed by atoms with Crippen molar-refractivity contribution in [2.24, 2.45) is 0 Å². The molecule has 0 radical (unpaired) electrons. The zero-order valence-electron chi connectivity index (χ0n) is 13.7. The normalized spacial score (nSPS) is 29.3. The summed E-state index contributed by atoms with van der Waals surface area (Å²) in [6, 6.07) is 0. The molecule has 0 unspecified atom stereocenters. The van der Waals surface area contributed by atoms with Gasteiger partial charge in [-0.15, -0.1) is 0 Å². The second kappa shape index (κ2) is 8.60. The Morgan fingerprint density at radius 1 is 0.750 bits per heavy atom. The highest BCUT2D eigenvalue weighted by molar-refractivity contribution is 5.69. The van der Waals surface area contributed by atoms with Crippen LogP contribution in [-0.4, -0.2) is 66.3 Å². The van der Waals surface area contributed by atoms with E-state index in [1.54, 1.807) is 0 Å². The van der Waals surface area contributed by atoms with Gasteiger partial charge in [0.05, 0.1) is 6.61 Å². The van der Waals surface area contributed by atoms with Crippen molar-refractivity contribution in [3.8, 4) is 0 Å². The average Bonchev–Trinajstić information content (AvgIpc) is 2.42. The minimum absolute atomic E-state index is 0.625. The third-order valence-electron chi connectivity index (χ3n) is 2.96. The summed E-state index contributed by atoms with van der Waals surface area (Å²) in [6.07, 6.45) is -6.56. The van der Waals surface area contributed by atoms with Crippen molar-refractivity contribution in [1.29, 1.82) is 0 Å². The summed E-state index contributed by atoms with van der Waals surface area (Å²) in [5.41, 5.74) is 0. The highest BCUT2D eigenvalue weighted by Gasteiger charge is 2.53. The quantitative estimate of drug-likeness (QED) is 0.490. The number of aliphatic hydroxyl groups excluding tert-OH is 1. The van der Waals surface area contributed by atoms with Crippen LogP contribution in [0, 0.1) is 0 Å². The molecule has 10 nitrogen and oxygen atoms in total. The second-order valence-electron chi connectivity index (χ2n) is 5.06. The van der Waals surface area contributed by atoms with Crippen molar-refractivity contribution in [2.75, 3.05) is 6.61 Å². The van der Waals surface area contributed by atoms with Crippen LogP contribution in [0.25, 0.3) is 0 Å². The Balaban J connectivity index is 3.23. The molecule has 1 rings (SSSR count). The Morgan fingerprint density at radius 3 is 1.58 bits per heavy atom. The molecule has 24 heavy (non-hydrogen) atoms. The Morgan fingerprint density at radius 2 is 1.17 bits per heavy atom. The SMILES string of the molecule is CC(=O)O[C@@H]1O[C@@H](CO)[C@@H](OC(C)=O)[C@@H](OC(C)=O)[C@H]1OC(C)=O. The Kier molecular flexibility index (Phi) is 7.11. The number of carbonyl (C=O) groups excluding carboxylic acids is 4. The maximum Gasteiger partial charge on any atom is 0.305 e. The molecule has 0 amide bonds. The Labute approximate surface area is 137 Å². The van der Waals surface area contributed by atoms with Crippen LogP contribution in [0.5, 0.6) is 0 Å². The Bertz CT molecular complexity index is 502. The van der Waals surface area contributed by atoms with E-state index in [0.717, 1.165) is 27.7 Å². The third-order valence-corrected chi connectivity index (χ3v) is 2.96. The minimum Gasteiger partial charge on any atom is -0.456 e. The average molecular weight is 348 g/mol. The van der Waals surface area contributed by atoms with Gasteiger partial charge in [-0.05, 0) is 0 Å². The van der Waals surface area contributed by atoms with Crippen LogP contribution in [0.3, 0.4) is 0 Å². The molecule has 0 aliphatic carbocycles. The molecule has 0 bridgehead atoms. The molecule has 1 heterocycles. The molecular formula is C14H20O10. The van der Waals surface area contributed by atoms with E-state index in [1.807, 2.05) is 0 Å². The van der Waals surface area contributed by atoms with Crippen LogP contribution in [0.1, 0.15) is 27.7 Å². The fraction of sp³-hybridized carbons (Fsp3) is 0.714. The molecular weight excluding hydrogens is 328 g/mol. The van der Waals surface area contributed by atoms with Crippen molar-refractivity contribution >= 4 is 23.9 Å². The van der Waals surface area contributed by atoms with Gasteiger partial charge in [0.15, 0.2) is 12.2 Å². The summed E-state index contributed by atoms with van der Waals surface area (Å²) in [4.78, 5) is 45.3. The van der Waals surface area contributed by atoms with Gasteiger partial charge in [0.1, 0.15) is 6.10 Å². The van der Waals surface area contributed by atoms with E-state index < -0.39 is 61.2 Å². The molecule has 5 atom stereocenters. The number of aliphatic hydroxyl groups is 1. The van der Waals surface area contributed by atoms with Crippen LogP contribution in [0.4, 0.5) is 0 Å². The largest absolute Gasteiger partial charge is 0.456 e. The molecule has 0 aromatic carbocycles. The van der Waals surface area contributed by atoms with Gasteiger partial charge >= 0.3 is 23.9 Å². The molecule has 10 heteroatoms. The molecule has 136 valence electrons. The predicted octanol–water partition coefficient (Wildman–Crippen LogP) is -0.938. The minimum atomic E-state index is -1.44. The molecule has 1 aliphatic heterocycles. The highest BCUT2D eigenvalue weighted by atomic mass is 16.7. The van der Waals surface area contributed by atoms with Gasteiger partial charge < -0.3 is 28.8 Å². The monoisotopic (exact) mass is 348 g/mol. The van der Waals surface area contributed by atoms with Gasteiger partial charge in [-0.1, -0.05) is 0 Å². The number of hydrogen-bond acceptors (Lipinski definition) is 10. The van der Waals surface area contributed by atoms with Crippen LogP contribution in [0.15, 0.2) is 0 Å². The first-order valence-corrected chi connectivity index (χ1v) is 7.11. The lowest BCUT2D eigenvalue weighted by Crippen LogP contribution is -2.62. The zero-order chi connectivity index (χ0) is 18.4. The molecule has 0 spiro atoms. The molecule has 1 N–H and O–H groups in total. The maximum absolute atomic E-state index is 11.4. The fourth-order valence-electron chi connectivity index (χ4n) is 2.26. The van der Waals surface area contributed by atoms with E-state index in [0.29, 0.717) is 0 Å². The molecule has 0 aromatic rings. The van der Waals surface area contributed by atoms with Crippen molar-refractivity contribution in [1.82, 2.24) is 0 Å². The fourth-order valence-corrected chi connectivity index (χ4v) is 2.26. The first kappa shape index (κ1) is 19.8. The highest BCUT2D eigenvalue weighted by Crippen LogP contribution is 2.29. The first-order chi connectivity index (χ1) is 11.1. The topological polar surface area (TPSA) is 135 Å². The predicted molar refractivity (Wildman–Crippen MR) is 74.2 cm³/mol. The van der Waals surface area contributed by atoms with Gasteiger partial charge in [0, 0.05) is 27.7 Å². The first-order valence-electron chi connectivity index (χ1n) is 7.11. The van der Waals surface area contributed by atoms with E-state index in [-0.39, 0.29) is 0 Å². The second-order valence-corrected chi connectivity index (χ2v) is 5.06. The summed E-state index contributed by atoms with van der Waals surface area (Å²) in [7, 11) is 0. The van der Waals surface area contributed by atoms with Crippen LogP contribution in [-0.2, 0) is 42.9 Å². The summed E-state index contributed by atoms with van der Waals surface area (Å²) < 4.78 is 25.4. The van der Waals surface area contributed by atoms with Crippen molar-refractivity contribution in [3.05, 3.63) is 0 Å². The number of ether oxygens (including phenoxy) is 5. The lowest BCUT2D eigenvalue weighted by atomic mass is 9.98. The number of esters is 4. The van der Waals surface area contributed by atoms with E-state index in [2.05, 4.69) is 0 Å². The summed E-state index contributed by atoms with van der Waals surface area (Å²) in [5, 5.41) is 9.44. The molecule has 0 aromatic heterocycles. The van der Waals surface area contributed by atoms with E-state index in [9.17, 15) is 24.3 Å². The maximum atomic E-state index is 11.4. The van der Waals surface area contributed by atoms with Crippen LogP contribution in [0.2, 0.25) is 0 Å². The van der Waals surface area contributed by atoms with Crippen molar-refractivity contribution in [3.63, 3.8) is 0 Å². The number of rotatable bonds is 5. The van der Waals surface area contributed by atoms with Crippen molar-refractivity contribution in [2.45, 2.75) is 58.4 Å². The standard InChI is InChI=1S/C14H20O10/c1-6(16)20-11-10(5-15)24-14(23-9(4)19)13(22-8(3)18)12(11)21-7(2)17/h10-15H,5H2,1-4H3/t10-,11+,12+,13+,14+/m0/s1. The van der Waals surface area contributed by atoms with Gasteiger partial charge in [-0.2, -0.15) is 0 Å². The Hall–Kier alpha value is -2.20.